The number of aromatic nitrogens is 2. The second-order valence-corrected chi connectivity index (χ2v) is 7.02. The van der Waals surface area contributed by atoms with E-state index in [4.69, 9.17) is 0 Å². The van der Waals surface area contributed by atoms with Crippen LogP contribution in [-0.2, 0) is 6.42 Å². The molecule has 0 amide bonds. The van der Waals surface area contributed by atoms with Gasteiger partial charge < -0.3 is 10.2 Å². The number of fused-ring (bicyclic) bond motifs is 1. The molecule has 1 N–H and O–H groups in total. The van der Waals surface area contributed by atoms with E-state index in [1.807, 2.05) is 11.8 Å². The van der Waals surface area contributed by atoms with Crippen LogP contribution in [0.1, 0.15) is 18.7 Å². The average molecular weight is 310 g/mol. The van der Waals surface area contributed by atoms with Gasteiger partial charge in [-0.1, -0.05) is 6.92 Å². The topological polar surface area (TPSA) is 41.1 Å². The predicted octanol–water partition coefficient (Wildman–Crippen LogP) is 3.34. The van der Waals surface area contributed by atoms with Crippen molar-refractivity contribution < 1.29 is 0 Å². The Hall–Kier alpha value is -0.850. The van der Waals surface area contributed by atoms with E-state index in [1.54, 1.807) is 11.3 Å². The molecule has 0 aliphatic rings. The quantitative estimate of drug-likeness (QED) is 0.627. The van der Waals surface area contributed by atoms with Gasteiger partial charge in [-0.3, -0.25) is 0 Å². The molecule has 0 unspecified atom stereocenters. The number of thiophene rings is 1. The number of nitrogens with one attached hydrogen (secondary N) is 1. The van der Waals surface area contributed by atoms with E-state index < -0.39 is 0 Å². The summed E-state index contributed by atoms with van der Waals surface area (Å²) in [5.41, 5.74) is 0. The third-order valence-corrected chi connectivity index (χ3v) is 5.01. The van der Waals surface area contributed by atoms with Crippen molar-refractivity contribution in [3.05, 3.63) is 10.9 Å². The van der Waals surface area contributed by atoms with Crippen LogP contribution in [0, 0.1) is 0 Å². The first-order valence-corrected chi connectivity index (χ1v) is 8.76. The molecule has 20 heavy (non-hydrogen) atoms. The molecule has 0 bridgehead atoms. The fourth-order valence-electron chi connectivity index (χ4n) is 1.79. The Labute approximate surface area is 129 Å². The Morgan fingerprint density at radius 3 is 2.75 bits per heavy atom. The summed E-state index contributed by atoms with van der Waals surface area (Å²) in [4.78, 5) is 13.9. The standard InChI is InChI=1S/C14H22N4S2/c1-5-10-9-11-12(19-8-7-18(3)4)16-14(15-6-2)17-13(11)20-10/h9H,5-8H2,1-4H3,(H,15,16,17). The van der Waals surface area contributed by atoms with Crippen LogP contribution in [0.3, 0.4) is 0 Å². The van der Waals surface area contributed by atoms with Crippen molar-refractivity contribution in [3.63, 3.8) is 0 Å². The molecule has 2 aromatic heterocycles. The number of rotatable bonds is 7. The van der Waals surface area contributed by atoms with Crippen LogP contribution in [0.5, 0.6) is 0 Å². The highest BCUT2D eigenvalue weighted by atomic mass is 32.2. The van der Waals surface area contributed by atoms with Gasteiger partial charge in [0.15, 0.2) is 0 Å². The molecule has 0 aromatic carbocycles. The summed E-state index contributed by atoms with van der Waals surface area (Å²) in [5, 5.41) is 5.53. The summed E-state index contributed by atoms with van der Waals surface area (Å²) < 4.78 is 0. The summed E-state index contributed by atoms with van der Waals surface area (Å²) in [7, 11) is 4.19. The van der Waals surface area contributed by atoms with Gasteiger partial charge >= 0.3 is 0 Å². The minimum atomic E-state index is 0.747. The highest BCUT2D eigenvalue weighted by molar-refractivity contribution is 7.99. The minimum Gasteiger partial charge on any atom is -0.354 e. The summed E-state index contributed by atoms with van der Waals surface area (Å²) in [6.45, 7) is 6.15. The van der Waals surface area contributed by atoms with Gasteiger partial charge in [0.2, 0.25) is 5.95 Å². The molecule has 0 atom stereocenters. The van der Waals surface area contributed by atoms with E-state index in [-0.39, 0.29) is 0 Å². The van der Waals surface area contributed by atoms with Crippen LogP contribution in [0.25, 0.3) is 10.2 Å². The molecular weight excluding hydrogens is 288 g/mol. The zero-order valence-corrected chi connectivity index (χ0v) is 14.2. The van der Waals surface area contributed by atoms with Crippen molar-refractivity contribution >= 4 is 39.3 Å². The maximum atomic E-state index is 4.66. The summed E-state index contributed by atoms with van der Waals surface area (Å²) in [5.74, 6) is 1.79. The molecular formula is C14H22N4S2. The van der Waals surface area contributed by atoms with E-state index >= 15 is 0 Å². The molecule has 2 aromatic rings. The Bertz CT molecular complexity index is 566. The lowest BCUT2D eigenvalue weighted by atomic mass is 10.3. The van der Waals surface area contributed by atoms with Crippen molar-refractivity contribution in [3.8, 4) is 0 Å². The Morgan fingerprint density at radius 1 is 1.30 bits per heavy atom. The van der Waals surface area contributed by atoms with Crippen LogP contribution >= 0.6 is 23.1 Å². The Morgan fingerprint density at radius 2 is 2.10 bits per heavy atom. The molecule has 2 rings (SSSR count). The zero-order valence-electron chi connectivity index (χ0n) is 12.6. The van der Waals surface area contributed by atoms with Crippen molar-refractivity contribution in [1.29, 1.82) is 0 Å². The van der Waals surface area contributed by atoms with Crippen molar-refractivity contribution in [2.24, 2.45) is 0 Å². The van der Waals surface area contributed by atoms with Gasteiger partial charge in [0, 0.05) is 29.1 Å². The molecule has 0 saturated carbocycles. The Balaban J connectivity index is 2.30. The monoisotopic (exact) mass is 310 g/mol. The molecule has 6 heteroatoms. The van der Waals surface area contributed by atoms with Crippen LogP contribution in [0.2, 0.25) is 0 Å². The predicted molar refractivity (Wildman–Crippen MR) is 90.2 cm³/mol. The lowest BCUT2D eigenvalue weighted by molar-refractivity contribution is 0.437. The van der Waals surface area contributed by atoms with Crippen molar-refractivity contribution in [1.82, 2.24) is 14.9 Å². The second-order valence-electron chi connectivity index (χ2n) is 4.82. The first kappa shape index (κ1) is 15.5. The van der Waals surface area contributed by atoms with E-state index in [9.17, 15) is 0 Å². The first-order valence-electron chi connectivity index (χ1n) is 6.95. The van der Waals surface area contributed by atoms with Crippen LogP contribution in [-0.4, -0.2) is 47.8 Å². The third kappa shape index (κ3) is 3.84. The van der Waals surface area contributed by atoms with E-state index in [2.05, 4.69) is 54.2 Å². The van der Waals surface area contributed by atoms with Gasteiger partial charge in [0.25, 0.3) is 0 Å². The summed E-state index contributed by atoms with van der Waals surface area (Å²) in [6.07, 6.45) is 1.05. The Kier molecular flexibility index (Phi) is 5.63. The number of nitrogens with zero attached hydrogens (tertiary/aromatic N) is 3. The summed E-state index contributed by atoms with van der Waals surface area (Å²) in [6, 6.07) is 2.24. The highest BCUT2D eigenvalue weighted by Gasteiger charge is 2.11. The minimum absolute atomic E-state index is 0.747. The largest absolute Gasteiger partial charge is 0.354 e. The van der Waals surface area contributed by atoms with Crippen molar-refractivity contribution in [2.75, 3.05) is 38.3 Å². The lowest BCUT2D eigenvalue weighted by Gasteiger charge is -2.09. The van der Waals surface area contributed by atoms with Gasteiger partial charge in [0.1, 0.15) is 9.86 Å². The molecule has 0 fully saturated rings. The fourth-order valence-corrected chi connectivity index (χ4v) is 3.94. The third-order valence-electron chi connectivity index (χ3n) is 2.87. The number of anilines is 1. The molecule has 110 valence electrons. The smallest absolute Gasteiger partial charge is 0.225 e. The van der Waals surface area contributed by atoms with Crippen LogP contribution < -0.4 is 5.32 Å². The number of thioether (sulfide) groups is 1. The van der Waals surface area contributed by atoms with Gasteiger partial charge in [-0.05, 0) is 33.5 Å². The maximum Gasteiger partial charge on any atom is 0.225 e. The SMILES string of the molecule is CCNc1nc(SCCN(C)C)c2cc(CC)sc2n1. The molecule has 0 spiro atoms. The molecule has 0 aliphatic carbocycles. The van der Waals surface area contributed by atoms with Crippen molar-refractivity contribution in [2.45, 2.75) is 25.3 Å². The normalized spacial score (nSPS) is 11.4. The number of aryl methyl sites for hydroxylation is 1. The molecule has 4 nitrogen and oxygen atoms in total. The van der Waals surface area contributed by atoms with E-state index in [1.165, 1.54) is 10.3 Å². The maximum absolute atomic E-state index is 4.66. The molecule has 0 aliphatic heterocycles. The number of hydrogen-bond donors (Lipinski definition) is 1. The second kappa shape index (κ2) is 7.24. The molecule has 0 radical (unpaired) electrons. The summed E-state index contributed by atoms with van der Waals surface area (Å²) >= 11 is 3.59. The molecule has 0 saturated heterocycles. The van der Waals surface area contributed by atoms with E-state index in [0.717, 1.165) is 41.1 Å². The highest BCUT2D eigenvalue weighted by Crippen LogP contribution is 2.32. The van der Waals surface area contributed by atoms with Crippen LogP contribution in [0.15, 0.2) is 11.1 Å². The first-order chi connectivity index (χ1) is 9.63. The molecule has 2 heterocycles. The average Bonchev–Trinajstić information content (AvgIpc) is 2.82. The van der Waals surface area contributed by atoms with Gasteiger partial charge in [-0.15, -0.1) is 23.1 Å². The van der Waals surface area contributed by atoms with Crippen LogP contribution in [0.4, 0.5) is 5.95 Å². The number of hydrogen-bond acceptors (Lipinski definition) is 6. The fraction of sp³-hybridized carbons (Fsp3) is 0.571. The lowest BCUT2D eigenvalue weighted by Crippen LogP contribution is -2.14. The van der Waals surface area contributed by atoms with Gasteiger partial charge in [0.05, 0.1) is 0 Å². The van der Waals surface area contributed by atoms with Gasteiger partial charge in [-0.2, -0.15) is 0 Å². The zero-order chi connectivity index (χ0) is 14.5. The van der Waals surface area contributed by atoms with Gasteiger partial charge in [-0.25, -0.2) is 9.97 Å². The van der Waals surface area contributed by atoms with E-state index in [0.29, 0.717) is 0 Å².